The van der Waals surface area contributed by atoms with Gasteiger partial charge in [-0.2, -0.15) is 0 Å². The minimum atomic E-state index is -0.897. The highest BCUT2D eigenvalue weighted by Gasteiger charge is 2.02. The van der Waals surface area contributed by atoms with Crippen molar-refractivity contribution >= 4 is 11.9 Å². The molecule has 0 saturated heterocycles. The number of rotatable bonds is 4. The zero-order valence-corrected chi connectivity index (χ0v) is 7.97. The van der Waals surface area contributed by atoms with Gasteiger partial charge in [0.25, 0.3) is 0 Å². The summed E-state index contributed by atoms with van der Waals surface area (Å²) in [6, 6.07) is 6.28. The van der Waals surface area contributed by atoms with Crippen LogP contribution in [-0.2, 0) is 16.0 Å². The van der Waals surface area contributed by atoms with E-state index >= 15 is 0 Å². The first-order valence-electron chi connectivity index (χ1n) is 4.27. The summed E-state index contributed by atoms with van der Waals surface area (Å²) in [7, 11) is 0. The van der Waals surface area contributed by atoms with E-state index in [0.717, 1.165) is 6.08 Å². The summed E-state index contributed by atoms with van der Waals surface area (Å²) in [5.74, 6) is -1.07. The van der Waals surface area contributed by atoms with Crippen molar-refractivity contribution in [3.63, 3.8) is 0 Å². The highest BCUT2D eigenvalue weighted by atomic mass is 16.5. The summed E-state index contributed by atoms with van der Waals surface area (Å²) in [4.78, 5) is 21.2. The molecule has 1 N–H and O–H groups in total. The predicted molar refractivity (Wildman–Crippen MR) is 53.6 cm³/mol. The molecule has 0 aliphatic rings. The predicted octanol–water partition coefficient (Wildman–Crippen LogP) is 1.41. The van der Waals surface area contributed by atoms with Gasteiger partial charge in [-0.1, -0.05) is 18.7 Å². The van der Waals surface area contributed by atoms with Crippen LogP contribution in [0.25, 0.3) is 0 Å². The molecule has 0 aromatic heterocycles. The third-order valence-corrected chi connectivity index (χ3v) is 1.66. The van der Waals surface area contributed by atoms with Crippen molar-refractivity contribution in [3.8, 4) is 5.75 Å². The molecule has 4 nitrogen and oxygen atoms in total. The molecule has 0 heterocycles. The molecule has 4 heteroatoms. The van der Waals surface area contributed by atoms with Gasteiger partial charge < -0.3 is 9.84 Å². The van der Waals surface area contributed by atoms with Gasteiger partial charge in [0.1, 0.15) is 5.75 Å². The fraction of sp³-hybridized carbons (Fsp3) is 0.0909. The number of hydrogen-bond donors (Lipinski definition) is 1. The summed E-state index contributed by atoms with van der Waals surface area (Å²) >= 11 is 0. The number of benzene rings is 1. The Kier molecular flexibility index (Phi) is 3.62. The highest BCUT2D eigenvalue weighted by molar-refractivity contribution is 5.83. The molecule has 0 aliphatic carbocycles. The largest absolute Gasteiger partial charge is 0.481 e. The van der Waals surface area contributed by atoms with Crippen molar-refractivity contribution < 1.29 is 19.4 Å². The van der Waals surface area contributed by atoms with Gasteiger partial charge >= 0.3 is 11.9 Å². The van der Waals surface area contributed by atoms with Crippen LogP contribution in [0.5, 0.6) is 5.75 Å². The van der Waals surface area contributed by atoms with E-state index < -0.39 is 11.9 Å². The SMILES string of the molecule is C=CC(=O)Oc1ccc(CC(=O)O)cc1. The lowest BCUT2D eigenvalue weighted by Crippen LogP contribution is -2.03. The monoisotopic (exact) mass is 206 g/mol. The third-order valence-electron chi connectivity index (χ3n) is 1.66. The van der Waals surface area contributed by atoms with Crippen LogP contribution in [0, 0.1) is 0 Å². The molecule has 0 spiro atoms. The number of carboxylic acids is 1. The topological polar surface area (TPSA) is 63.6 Å². The van der Waals surface area contributed by atoms with E-state index in [9.17, 15) is 9.59 Å². The molecule has 0 atom stereocenters. The van der Waals surface area contributed by atoms with Crippen LogP contribution in [0.4, 0.5) is 0 Å². The second-order valence-corrected chi connectivity index (χ2v) is 2.84. The van der Waals surface area contributed by atoms with Crippen molar-refractivity contribution in [2.75, 3.05) is 0 Å². The van der Waals surface area contributed by atoms with Gasteiger partial charge in [-0.25, -0.2) is 4.79 Å². The fourth-order valence-electron chi connectivity index (χ4n) is 1.01. The molecule has 0 bridgehead atoms. The van der Waals surface area contributed by atoms with E-state index in [-0.39, 0.29) is 6.42 Å². The minimum Gasteiger partial charge on any atom is -0.481 e. The summed E-state index contributed by atoms with van der Waals surface area (Å²) in [5, 5.41) is 8.52. The Morgan fingerprint density at radius 2 is 1.93 bits per heavy atom. The Balaban J connectivity index is 2.67. The maximum atomic E-state index is 10.8. The molecule has 15 heavy (non-hydrogen) atoms. The standard InChI is InChI=1S/C11H10O4/c1-2-11(14)15-9-5-3-8(4-6-9)7-10(12)13/h2-6H,1,7H2,(H,12,13). The van der Waals surface area contributed by atoms with Gasteiger partial charge in [-0.05, 0) is 17.7 Å². The number of aliphatic carboxylic acids is 1. The Morgan fingerprint density at radius 3 is 2.40 bits per heavy atom. The van der Waals surface area contributed by atoms with E-state index in [2.05, 4.69) is 6.58 Å². The molecule has 0 saturated carbocycles. The number of carboxylic acid groups (broad SMARTS) is 1. The molecular formula is C11H10O4. The number of hydrogen-bond acceptors (Lipinski definition) is 3. The molecule has 0 amide bonds. The van der Waals surface area contributed by atoms with Gasteiger partial charge in [-0.15, -0.1) is 0 Å². The maximum Gasteiger partial charge on any atom is 0.335 e. The molecule has 0 unspecified atom stereocenters. The number of carbonyl (C=O) groups excluding carboxylic acids is 1. The van der Waals surface area contributed by atoms with Crippen LogP contribution in [0.1, 0.15) is 5.56 Å². The van der Waals surface area contributed by atoms with Crippen LogP contribution in [0.3, 0.4) is 0 Å². The van der Waals surface area contributed by atoms with E-state index in [4.69, 9.17) is 9.84 Å². The Morgan fingerprint density at radius 1 is 1.33 bits per heavy atom. The zero-order chi connectivity index (χ0) is 11.3. The average Bonchev–Trinajstić information content (AvgIpc) is 2.20. The average molecular weight is 206 g/mol. The number of esters is 1. The number of carbonyl (C=O) groups is 2. The Hall–Kier alpha value is -2.10. The van der Waals surface area contributed by atoms with Gasteiger partial charge in [0.2, 0.25) is 0 Å². The normalized spacial score (nSPS) is 9.33. The van der Waals surface area contributed by atoms with Gasteiger partial charge in [0.15, 0.2) is 0 Å². The lowest BCUT2D eigenvalue weighted by Gasteiger charge is -2.01. The van der Waals surface area contributed by atoms with Crippen molar-refractivity contribution in [2.45, 2.75) is 6.42 Å². The first kappa shape index (κ1) is 11.0. The van der Waals surface area contributed by atoms with Crippen molar-refractivity contribution in [2.24, 2.45) is 0 Å². The first-order valence-corrected chi connectivity index (χ1v) is 4.27. The molecule has 78 valence electrons. The van der Waals surface area contributed by atoms with E-state index in [0.29, 0.717) is 11.3 Å². The molecular weight excluding hydrogens is 196 g/mol. The Labute approximate surface area is 86.8 Å². The molecule has 0 fully saturated rings. The first-order chi connectivity index (χ1) is 7.11. The molecule has 1 aromatic carbocycles. The van der Waals surface area contributed by atoms with Gasteiger partial charge in [-0.3, -0.25) is 4.79 Å². The summed E-state index contributed by atoms with van der Waals surface area (Å²) in [5.41, 5.74) is 0.654. The van der Waals surface area contributed by atoms with Gasteiger partial charge in [0.05, 0.1) is 6.42 Å². The van der Waals surface area contributed by atoms with Crippen LogP contribution < -0.4 is 4.74 Å². The zero-order valence-electron chi connectivity index (χ0n) is 7.97. The van der Waals surface area contributed by atoms with E-state index in [1.54, 1.807) is 24.3 Å². The minimum absolute atomic E-state index is 0.0459. The van der Waals surface area contributed by atoms with E-state index in [1.807, 2.05) is 0 Å². The second kappa shape index (κ2) is 4.95. The van der Waals surface area contributed by atoms with Crippen LogP contribution in [0.2, 0.25) is 0 Å². The Bertz CT molecular complexity index is 378. The van der Waals surface area contributed by atoms with Crippen LogP contribution >= 0.6 is 0 Å². The summed E-state index contributed by atoms with van der Waals surface area (Å²) in [6.45, 7) is 3.26. The van der Waals surface area contributed by atoms with Gasteiger partial charge in [0, 0.05) is 6.08 Å². The summed E-state index contributed by atoms with van der Waals surface area (Å²) < 4.78 is 4.82. The van der Waals surface area contributed by atoms with E-state index in [1.165, 1.54) is 0 Å². The molecule has 1 aromatic rings. The van der Waals surface area contributed by atoms with Crippen molar-refractivity contribution in [3.05, 3.63) is 42.5 Å². The third kappa shape index (κ3) is 3.64. The van der Waals surface area contributed by atoms with Crippen molar-refractivity contribution in [1.82, 2.24) is 0 Å². The smallest absolute Gasteiger partial charge is 0.335 e. The quantitative estimate of drug-likeness (QED) is 0.459. The van der Waals surface area contributed by atoms with Crippen LogP contribution in [-0.4, -0.2) is 17.0 Å². The summed E-state index contributed by atoms with van der Waals surface area (Å²) in [6.07, 6.45) is 1.01. The van der Waals surface area contributed by atoms with Crippen molar-refractivity contribution in [1.29, 1.82) is 0 Å². The lowest BCUT2D eigenvalue weighted by molar-refractivity contribution is -0.136. The molecule has 0 radical (unpaired) electrons. The highest BCUT2D eigenvalue weighted by Crippen LogP contribution is 2.12. The fourth-order valence-corrected chi connectivity index (χ4v) is 1.01. The number of ether oxygens (including phenoxy) is 1. The second-order valence-electron chi connectivity index (χ2n) is 2.84. The lowest BCUT2D eigenvalue weighted by atomic mass is 10.1. The maximum absolute atomic E-state index is 10.8. The van der Waals surface area contributed by atoms with Crippen LogP contribution in [0.15, 0.2) is 36.9 Å². The molecule has 1 rings (SSSR count). The molecule has 0 aliphatic heterocycles.